The molecule has 3 aromatic rings. The molecule has 1 aliphatic carbocycles. The molecule has 1 aromatic carbocycles. The number of hydrogen-bond acceptors (Lipinski definition) is 9. The third-order valence-corrected chi connectivity index (χ3v) is 7.79. The summed E-state index contributed by atoms with van der Waals surface area (Å²) in [5, 5.41) is 6.36. The lowest BCUT2D eigenvalue weighted by Gasteiger charge is -2.30. The maximum absolute atomic E-state index is 14.1. The fourth-order valence-corrected chi connectivity index (χ4v) is 5.62. The highest BCUT2D eigenvalue weighted by Gasteiger charge is 2.27. The normalized spacial score (nSPS) is 23.3. The van der Waals surface area contributed by atoms with Crippen LogP contribution in [0.15, 0.2) is 30.3 Å². The maximum atomic E-state index is 14.1. The molecule has 11 nitrogen and oxygen atoms in total. The second-order valence-corrected chi connectivity index (χ2v) is 10.7. The maximum Gasteiger partial charge on any atom is 0.296 e. The van der Waals surface area contributed by atoms with Gasteiger partial charge in [-0.1, -0.05) is 12.1 Å². The van der Waals surface area contributed by atoms with E-state index >= 15 is 0 Å². The lowest BCUT2D eigenvalue weighted by molar-refractivity contribution is -0.121. The second kappa shape index (κ2) is 12.6. The fourth-order valence-electron chi connectivity index (χ4n) is 5.62. The Kier molecular flexibility index (Phi) is 8.54. The van der Waals surface area contributed by atoms with E-state index in [1.54, 1.807) is 30.3 Å². The summed E-state index contributed by atoms with van der Waals surface area (Å²) >= 11 is 0. The van der Waals surface area contributed by atoms with Crippen LogP contribution in [-0.4, -0.2) is 89.7 Å². The van der Waals surface area contributed by atoms with Gasteiger partial charge in [0.1, 0.15) is 11.9 Å². The predicted molar refractivity (Wildman–Crippen MR) is 147 cm³/mol. The largest absolute Gasteiger partial charge is 0.474 e. The van der Waals surface area contributed by atoms with Crippen molar-refractivity contribution in [3.05, 3.63) is 36.2 Å². The first kappa shape index (κ1) is 27.7. The molecule has 3 fully saturated rings. The van der Waals surface area contributed by atoms with Crippen molar-refractivity contribution >= 4 is 22.9 Å². The molecule has 13 heteroatoms. The Hall–Kier alpha value is -3.42. The minimum atomic E-state index is -2.79. The van der Waals surface area contributed by atoms with Crippen LogP contribution >= 0.6 is 0 Å². The van der Waals surface area contributed by atoms with Crippen molar-refractivity contribution in [3.8, 4) is 11.7 Å². The molecule has 3 aliphatic rings. The molecule has 0 bridgehead atoms. The number of halogens is 2. The van der Waals surface area contributed by atoms with Gasteiger partial charge in [-0.25, -0.2) is 13.8 Å². The minimum Gasteiger partial charge on any atom is -0.474 e. The molecule has 2 N–H and O–H groups in total. The van der Waals surface area contributed by atoms with Crippen molar-refractivity contribution < 1.29 is 27.8 Å². The van der Waals surface area contributed by atoms with Gasteiger partial charge in [-0.2, -0.15) is 9.97 Å². The van der Waals surface area contributed by atoms with Gasteiger partial charge >= 0.3 is 0 Å². The number of alkyl halides is 2. The van der Waals surface area contributed by atoms with Gasteiger partial charge in [0.05, 0.1) is 37.4 Å². The van der Waals surface area contributed by atoms with E-state index in [4.69, 9.17) is 14.2 Å². The van der Waals surface area contributed by atoms with Crippen LogP contribution in [0.3, 0.4) is 0 Å². The Labute approximate surface area is 236 Å². The first-order chi connectivity index (χ1) is 20.0. The number of benzene rings is 1. The molecule has 1 saturated carbocycles. The minimum absolute atomic E-state index is 0.0146. The van der Waals surface area contributed by atoms with Crippen molar-refractivity contribution in [1.29, 1.82) is 0 Å². The average Bonchev–Trinajstić information content (AvgIpc) is 3.66. The Morgan fingerprint density at radius 2 is 1.80 bits per heavy atom. The number of para-hydroxylation sites is 2. The summed E-state index contributed by atoms with van der Waals surface area (Å²) in [6.45, 7) is 3.89. The number of nitrogens with zero attached hydrogens (tertiary/aromatic N) is 5. The van der Waals surface area contributed by atoms with Crippen LogP contribution in [0.4, 0.5) is 14.7 Å². The number of hydrogen-bond donors (Lipinski definition) is 2. The van der Waals surface area contributed by atoms with Crippen LogP contribution < -0.4 is 20.3 Å². The monoisotopic (exact) mass is 571 g/mol. The lowest BCUT2D eigenvalue weighted by atomic mass is 9.93. The van der Waals surface area contributed by atoms with Crippen LogP contribution in [0.5, 0.6) is 5.88 Å². The van der Waals surface area contributed by atoms with Gasteiger partial charge in [0.2, 0.25) is 17.7 Å². The number of anilines is 1. The van der Waals surface area contributed by atoms with Crippen molar-refractivity contribution in [2.75, 3.05) is 51.0 Å². The van der Waals surface area contributed by atoms with Crippen molar-refractivity contribution in [2.45, 2.75) is 56.7 Å². The van der Waals surface area contributed by atoms with E-state index in [9.17, 15) is 13.6 Å². The highest BCUT2D eigenvalue weighted by molar-refractivity contribution is 5.78. The molecular weight excluding hydrogens is 536 g/mol. The molecule has 2 saturated heterocycles. The first-order valence-electron chi connectivity index (χ1n) is 14.3. The average molecular weight is 572 g/mol. The predicted octanol–water partition coefficient (Wildman–Crippen LogP) is 2.77. The number of fused-ring (bicyclic) bond motifs is 1. The van der Waals surface area contributed by atoms with E-state index in [0.29, 0.717) is 55.8 Å². The van der Waals surface area contributed by atoms with Gasteiger partial charge in [0.25, 0.3) is 6.43 Å². The first-order valence-corrected chi connectivity index (χ1v) is 14.3. The van der Waals surface area contributed by atoms with Gasteiger partial charge in [-0.15, -0.1) is 0 Å². The third-order valence-electron chi connectivity index (χ3n) is 7.79. The molecule has 6 rings (SSSR count). The third kappa shape index (κ3) is 6.57. The summed E-state index contributed by atoms with van der Waals surface area (Å²) in [6, 6.07) is 8.93. The van der Waals surface area contributed by atoms with E-state index < -0.39 is 6.43 Å². The number of ether oxygens (including phenoxy) is 3. The van der Waals surface area contributed by atoms with Crippen molar-refractivity contribution in [2.24, 2.45) is 0 Å². The molecule has 2 aromatic heterocycles. The molecular formula is C28H35F2N7O4. The zero-order chi connectivity index (χ0) is 28.2. The van der Waals surface area contributed by atoms with Crippen LogP contribution in [0.25, 0.3) is 16.9 Å². The quantitative estimate of drug-likeness (QED) is 0.400. The Morgan fingerprint density at radius 3 is 2.56 bits per heavy atom. The Morgan fingerprint density at radius 1 is 1.00 bits per heavy atom. The van der Waals surface area contributed by atoms with Crippen LogP contribution in [0.1, 0.15) is 44.4 Å². The number of rotatable bonds is 9. The number of nitrogens with one attached hydrogen (secondary N) is 2. The topological polar surface area (TPSA) is 116 Å². The number of amides is 1. The van der Waals surface area contributed by atoms with Gasteiger partial charge in [-0.05, 0) is 44.2 Å². The Bertz CT molecular complexity index is 1340. The molecule has 2 aliphatic heterocycles. The summed E-state index contributed by atoms with van der Waals surface area (Å²) in [6.07, 6.45) is 1.04. The summed E-state index contributed by atoms with van der Waals surface area (Å²) in [7, 11) is 0. The zero-order valence-corrected chi connectivity index (χ0v) is 22.8. The van der Waals surface area contributed by atoms with E-state index in [-0.39, 0.29) is 42.3 Å². The molecule has 1 amide bonds. The smallest absolute Gasteiger partial charge is 0.296 e. The SMILES string of the molecule is O=C(CNC1CCOC1)N[C@H]1CC[C@H](Oc2cc(-n3c(C(F)F)nc4ccccc43)nc(N3CCOCC3)n2)CC1. The fraction of sp³-hybridized carbons (Fsp3) is 0.571. The zero-order valence-electron chi connectivity index (χ0n) is 22.8. The highest BCUT2D eigenvalue weighted by Crippen LogP contribution is 2.31. The number of carbonyl (C=O) groups is 1. The van der Waals surface area contributed by atoms with Crippen LogP contribution in [0.2, 0.25) is 0 Å². The lowest BCUT2D eigenvalue weighted by Crippen LogP contribution is -2.45. The summed E-state index contributed by atoms with van der Waals surface area (Å²) in [4.78, 5) is 27.9. The van der Waals surface area contributed by atoms with E-state index in [0.717, 1.165) is 38.7 Å². The molecule has 1 atom stereocenters. The van der Waals surface area contributed by atoms with Crippen molar-refractivity contribution in [3.63, 3.8) is 0 Å². The molecule has 0 spiro atoms. The number of aromatic nitrogens is 4. The highest BCUT2D eigenvalue weighted by atomic mass is 19.3. The Balaban J connectivity index is 1.17. The summed E-state index contributed by atoms with van der Waals surface area (Å²) in [5.74, 6) is 0.612. The number of carbonyl (C=O) groups excluding carboxylic acids is 1. The molecule has 220 valence electrons. The second-order valence-electron chi connectivity index (χ2n) is 10.7. The summed E-state index contributed by atoms with van der Waals surface area (Å²) < 4.78 is 46.8. The van der Waals surface area contributed by atoms with Gasteiger partial charge in [0.15, 0.2) is 5.82 Å². The van der Waals surface area contributed by atoms with E-state index in [1.165, 1.54) is 4.57 Å². The van der Waals surface area contributed by atoms with Crippen LogP contribution in [-0.2, 0) is 14.3 Å². The van der Waals surface area contributed by atoms with Gasteiger partial charge in [0, 0.05) is 37.8 Å². The van der Waals surface area contributed by atoms with Crippen molar-refractivity contribution in [1.82, 2.24) is 30.2 Å². The summed E-state index contributed by atoms with van der Waals surface area (Å²) in [5.41, 5.74) is 0.996. The standard InChI is InChI=1S/C28H35F2N7O4/c29-26(30)27-33-21-3-1-2-4-22(21)37(27)23-15-25(35-28(34-23)36-10-13-39-14-11-36)41-20-7-5-18(6-8-20)32-24(38)16-31-19-9-12-40-17-19/h1-4,15,18-20,26,31H,5-14,16-17H2,(H,32,38)/t18-,19?,20-. The molecule has 41 heavy (non-hydrogen) atoms. The number of morpholine rings is 1. The molecule has 0 radical (unpaired) electrons. The number of imidazole rings is 1. The van der Waals surface area contributed by atoms with Gasteiger partial charge < -0.3 is 29.7 Å². The van der Waals surface area contributed by atoms with E-state index in [2.05, 4.69) is 25.6 Å². The molecule has 1 unspecified atom stereocenters. The van der Waals surface area contributed by atoms with E-state index in [1.807, 2.05) is 4.90 Å². The molecule has 4 heterocycles. The van der Waals surface area contributed by atoms with Crippen LogP contribution in [0, 0.1) is 0 Å². The van der Waals surface area contributed by atoms with Gasteiger partial charge in [-0.3, -0.25) is 9.36 Å².